The van der Waals surface area contributed by atoms with Gasteiger partial charge >= 0.3 is 0 Å². The molecule has 5 nitrogen and oxygen atoms in total. The Morgan fingerprint density at radius 1 is 1.20 bits per heavy atom. The normalized spacial score (nSPS) is 11.1. The highest BCUT2D eigenvalue weighted by molar-refractivity contribution is 7.92. The second-order valence-electron chi connectivity index (χ2n) is 3.95. The Kier molecular flexibility index (Phi) is 3.80. The summed E-state index contributed by atoms with van der Waals surface area (Å²) >= 11 is 0. The number of anilines is 1. The first kappa shape index (κ1) is 14.1. The molecule has 0 spiro atoms. The molecule has 0 saturated carbocycles. The van der Waals surface area contributed by atoms with E-state index in [1.165, 1.54) is 37.4 Å². The zero-order chi connectivity index (χ0) is 14.8. The van der Waals surface area contributed by atoms with Crippen LogP contribution in [0.15, 0.2) is 47.4 Å². The Hall–Kier alpha value is -2.28. The molecule has 0 unspecified atom stereocenters. The minimum atomic E-state index is -3.99. The maximum atomic E-state index is 13.1. The zero-order valence-corrected chi connectivity index (χ0v) is 11.3. The number of phenolic OH excluding ortho intramolecular Hbond substituents is 1. The first-order valence-corrected chi connectivity index (χ1v) is 7.06. The molecule has 0 radical (unpaired) electrons. The van der Waals surface area contributed by atoms with E-state index >= 15 is 0 Å². The summed E-state index contributed by atoms with van der Waals surface area (Å²) in [6, 6.07) is 8.67. The van der Waals surface area contributed by atoms with E-state index in [1.807, 2.05) is 0 Å². The number of hydrogen-bond acceptors (Lipinski definition) is 4. The van der Waals surface area contributed by atoms with Gasteiger partial charge in [-0.3, -0.25) is 4.72 Å². The van der Waals surface area contributed by atoms with Crippen LogP contribution < -0.4 is 9.46 Å². The lowest BCUT2D eigenvalue weighted by Crippen LogP contribution is -2.13. The molecule has 2 N–H and O–H groups in total. The molecule has 0 amide bonds. The van der Waals surface area contributed by atoms with Crippen LogP contribution in [0.1, 0.15) is 0 Å². The largest absolute Gasteiger partial charge is 0.506 e. The highest BCUT2D eigenvalue weighted by atomic mass is 32.2. The van der Waals surface area contributed by atoms with Crippen molar-refractivity contribution < 1.29 is 22.7 Å². The molecule has 0 atom stereocenters. The van der Waals surface area contributed by atoms with Gasteiger partial charge in [0.15, 0.2) is 0 Å². The summed E-state index contributed by atoms with van der Waals surface area (Å²) in [6.45, 7) is 0. The van der Waals surface area contributed by atoms with Gasteiger partial charge in [0.1, 0.15) is 17.3 Å². The third-order valence-corrected chi connectivity index (χ3v) is 3.92. The first-order chi connectivity index (χ1) is 9.42. The summed E-state index contributed by atoms with van der Waals surface area (Å²) < 4.78 is 44.3. The number of sulfonamides is 1. The molecular weight excluding hydrogens is 285 g/mol. The van der Waals surface area contributed by atoms with Crippen LogP contribution in [0.5, 0.6) is 11.5 Å². The van der Waals surface area contributed by atoms with Crippen LogP contribution in [-0.4, -0.2) is 20.6 Å². The molecule has 0 fully saturated rings. The molecule has 106 valence electrons. The molecule has 0 heterocycles. The molecule has 0 saturated heterocycles. The van der Waals surface area contributed by atoms with E-state index in [0.717, 1.165) is 12.1 Å². The Morgan fingerprint density at radius 3 is 2.60 bits per heavy atom. The van der Waals surface area contributed by atoms with E-state index < -0.39 is 15.8 Å². The van der Waals surface area contributed by atoms with Crippen molar-refractivity contribution in [2.24, 2.45) is 0 Å². The quantitative estimate of drug-likeness (QED) is 0.849. The predicted molar refractivity (Wildman–Crippen MR) is 71.9 cm³/mol. The minimum absolute atomic E-state index is 0.0476. The highest BCUT2D eigenvalue weighted by Gasteiger charge is 2.17. The molecule has 2 aromatic carbocycles. The molecule has 2 rings (SSSR count). The highest BCUT2D eigenvalue weighted by Crippen LogP contribution is 2.29. The van der Waals surface area contributed by atoms with Crippen LogP contribution in [0.25, 0.3) is 0 Å². The van der Waals surface area contributed by atoms with Crippen molar-refractivity contribution in [1.29, 1.82) is 0 Å². The predicted octanol–water partition coefficient (Wildman–Crippen LogP) is 2.34. The van der Waals surface area contributed by atoms with E-state index in [-0.39, 0.29) is 16.3 Å². The fourth-order valence-electron chi connectivity index (χ4n) is 1.56. The molecule has 0 aliphatic heterocycles. The number of phenols is 1. The number of aromatic hydroxyl groups is 1. The first-order valence-electron chi connectivity index (χ1n) is 5.58. The van der Waals surface area contributed by atoms with Crippen LogP contribution in [0.4, 0.5) is 10.1 Å². The van der Waals surface area contributed by atoms with Crippen molar-refractivity contribution in [2.75, 3.05) is 11.8 Å². The van der Waals surface area contributed by atoms with Gasteiger partial charge < -0.3 is 9.84 Å². The van der Waals surface area contributed by atoms with Crippen LogP contribution in [0.2, 0.25) is 0 Å². The third kappa shape index (κ3) is 3.00. The summed E-state index contributed by atoms with van der Waals surface area (Å²) in [7, 11) is -2.57. The number of methoxy groups -OCH3 is 1. The van der Waals surface area contributed by atoms with Gasteiger partial charge in [-0.05, 0) is 30.3 Å². The van der Waals surface area contributed by atoms with Crippen molar-refractivity contribution >= 4 is 15.7 Å². The molecule has 0 bridgehead atoms. The van der Waals surface area contributed by atoms with Gasteiger partial charge in [0.25, 0.3) is 10.0 Å². The van der Waals surface area contributed by atoms with Crippen LogP contribution in [0, 0.1) is 5.82 Å². The summed E-state index contributed by atoms with van der Waals surface area (Å²) in [4.78, 5) is -0.236. The van der Waals surface area contributed by atoms with Gasteiger partial charge in [0.2, 0.25) is 0 Å². The summed E-state index contributed by atoms with van der Waals surface area (Å²) in [5.41, 5.74) is -0.0476. The number of benzene rings is 2. The number of ether oxygens (including phenoxy) is 1. The average Bonchev–Trinajstić information content (AvgIpc) is 2.41. The van der Waals surface area contributed by atoms with E-state index in [4.69, 9.17) is 4.74 Å². The molecule has 0 aliphatic carbocycles. The van der Waals surface area contributed by atoms with Gasteiger partial charge in [-0.15, -0.1) is 0 Å². The van der Waals surface area contributed by atoms with Crippen molar-refractivity contribution in [3.8, 4) is 11.5 Å². The number of hydrogen-bond donors (Lipinski definition) is 2. The summed E-state index contributed by atoms with van der Waals surface area (Å²) in [5, 5.41) is 9.64. The van der Waals surface area contributed by atoms with Gasteiger partial charge in [-0.2, -0.15) is 0 Å². The number of halogens is 1. The minimum Gasteiger partial charge on any atom is -0.506 e. The Balaban J connectivity index is 2.38. The van der Waals surface area contributed by atoms with Crippen LogP contribution >= 0.6 is 0 Å². The zero-order valence-electron chi connectivity index (χ0n) is 10.5. The van der Waals surface area contributed by atoms with Crippen LogP contribution in [-0.2, 0) is 10.0 Å². The fourth-order valence-corrected chi connectivity index (χ4v) is 2.66. The third-order valence-electron chi connectivity index (χ3n) is 2.55. The van der Waals surface area contributed by atoms with Gasteiger partial charge in [-0.25, -0.2) is 12.8 Å². The standard InChI is InChI=1S/C13H12FNO4S/c1-19-10-5-6-13(16)12(8-10)15-20(17,18)11-4-2-3-9(14)7-11/h2-8,15-16H,1H3. The number of nitrogens with one attached hydrogen (secondary N) is 1. The molecule has 0 aromatic heterocycles. The van der Waals surface area contributed by atoms with Gasteiger partial charge in [-0.1, -0.05) is 6.07 Å². The average molecular weight is 297 g/mol. The van der Waals surface area contributed by atoms with Crippen molar-refractivity contribution in [3.05, 3.63) is 48.3 Å². The molecule has 2 aromatic rings. The van der Waals surface area contributed by atoms with Crippen molar-refractivity contribution in [3.63, 3.8) is 0 Å². The lowest BCUT2D eigenvalue weighted by atomic mass is 10.3. The van der Waals surface area contributed by atoms with E-state index in [2.05, 4.69) is 4.72 Å². The topological polar surface area (TPSA) is 75.6 Å². The van der Waals surface area contributed by atoms with Gasteiger partial charge in [0, 0.05) is 6.07 Å². The molecular formula is C13H12FNO4S. The Morgan fingerprint density at radius 2 is 1.95 bits per heavy atom. The smallest absolute Gasteiger partial charge is 0.262 e. The Bertz CT molecular complexity index is 731. The maximum Gasteiger partial charge on any atom is 0.262 e. The molecule has 0 aliphatic rings. The molecule has 7 heteroatoms. The summed E-state index contributed by atoms with van der Waals surface area (Å²) in [6.07, 6.45) is 0. The van der Waals surface area contributed by atoms with Crippen LogP contribution in [0.3, 0.4) is 0 Å². The maximum absolute atomic E-state index is 13.1. The van der Waals surface area contributed by atoms with Gasteiger partial charge in [0.05, 0.1) is 17.7 Å². The lowest BCUT2D eigenvalue weighted by Gasteiger charge is -2.11. The summed E-state index contributed by atoms with van der Waals surface area (Å²) in [5.74, 6) is -0.548. The van der Waals surface area contributed by atoms with E-state index in [9.17, 15) is 17.9 Å². The Labute approximate surface area is 115 Å². The second-order valence-corrected chi connectivity index (χ2v) is 5.63. The lowest BCUT2D eigenvalue weighted by molar-refractivity contribution is 0.413. The number of rotatable bonds is 4. The monoisotopic (exact) mass is 297 g/mol. The van der Waals surface area contributed by atoms with E-state index in [0.29, 0.717) is 5.75 Å². The molecule has 20 heavy (non-hydrogen) atoms. The van der Waals surface area contributed by atoms with Crippen molar-refractivity contribution in [1.82, 2.24) is 0 Å². The van der Waals surface area contributed by atoms with Crippen molar-refractivity contribution in [2.45, 2.75) is 4.90 Å². The van der Waals surface area contributed by atoms with E-state index in [1.54, 1.807) is 0 Å². The SMILES string of the molecule is COc1ccc(O)c(NS(=O)(=O)c2cccc(F)c2)c1. The second kappa shape index (κ2) is 5.38. The fraction of sp³-hybridized carbons (Fsp3) is 0.0769.